The molecule has 2 aromatic carbocycles. The van der Waals surface area contributed by atoms with E-state index in [9.17, 15) is 28.2 Å². The molecule has 3 N–H and O–H groups in total. The fourth-order valence-corrected chi connectivity index (χ4v) is 3.43. The van der Waals surface area contributed by atoms with Crippen LogP contribution < -0.4 is 5.32 Å². The average molecular weight is 382 g/mol. The van der Waals surface area contributed by atoms with Gasteiger partial charge in [0.1, 0.15) is 10.8 Å². The summed E-state index contributed by atoms with van der Waals surface area (Å²) in [6.45, 7) is 0. The number of aliphatic hydroxyl groups is 1. The summed E-state index contributed by atoms with van der Waals surface area (Å²) in [7, 11) is 0. The summed E-state index contributed by atoms with van der Waals surface area (Å²) in [6.07, 6.45) is -6.40. The van der Waals surface area contributed by atoms with E-state index < -0.39 is 29.1 Å². The van der Waals surface area contributed by atoms with Crippen LogP contribution >= 0.6 is 11.3 Å². The third-order valence-corrected chi connectivity index (χ3v) is 4.90. The van der Waals surface area contributed by atoms with Gasteiger partial charge < -0.3 is 15.5 Å². The van der Waals surface area contributed by atoms with Crippen LogP contribution in [0.4, 0.5) is 18.9 Å². The molecule has 0 fully saturated rings. The first-order chi connectivity index (χ1) is 12.2. The van der Waals surface area contributed by atoms with Crippen LogP contribution in [-0.4, -0.2) is 27.3 Å². The number of para-hydroxylation sites is 3. The van der Waals surface area contributed by atoms with Gasteiger partial charge in [-0.15, -0.1) is 11.3 Å². The summed E-state index contributed by atoms with van der Waals surface area (Å²) in [5.41, 5.74) is -3.19. The van der Waals surface area contributed by atoms with Crippen LogP contribution in [0.3, 0.4) is 0 Å². The number of carbonyl (C=O) groups excluding carboxylic acids is 1. The third-order valence-electron chi connectivity index (χ3n) is 3.71. The Morgan fingerprint density at radius 1 is 1.12 bits per heavy atom. The van der Waals surface area contributed by atoms with Gasteiger partial charge in [0.05, 0.1) is 22.3 Å². The fourth-order valence-electron chi connectivity index (χ4n) is 2.35. The molecular formula is C17H13F3N2O3S. The normalized spacial score (nSPS) is 14.2. The van der Waals surface area contributed by atoms with Gasteiger partial charge in [0.25, 0.3) is 0 Å². The molecule has 0 aliphatic heterocycles. The zero-order valence-corrected chi connectivity index (χ0v) is 13.9. The Morgan fingerprint density at radius 2 is 1.77 bits per heavy atom. The number of nitrogens with zero attached hydrogens (tertiary/aromatic N) is 1. The smallest absolute Gasteiger partial charge is 0.424 e. The first kappa shape index (κ1) is 18.2. The highest BCUT2D eigenvalue weighted by molar-refractivity contribution is 7.18. The Morgan fingerprint density at radius 3 is 2.42 bits per heavy atom. The van der Waals surface area contributed by atoms with Crippen LogP contribution in [0.2, 0.25) is 0 Å². The van der Waals surface area contributed by atoms with Crippen molar-refractivity contribution in [3.63, 3.8) is 0 Å². The highest BCUT2D eigenvalue weighted by atomic mass is 32.1. The minimum atomic E-state index is -5.11. The number of alkyl halides is 3. The zero-order chi connectivity index (χ0) is 18.9. The van der Waals surface area contributed by atoms with E-state index >= 15 is 0 Å². The molecule has 3 aromatic rings. The van der Waals surface area contributed by atoms with Crippen LogP contribution in [0.25, 0.3) is 10.2 Å². The predicted octanol–water partition coefficient (Wildman–Crippen LogP) is 3.78. The molecule has 1 amide bonds. The molecule has 1 atom stereocenters. The second-order valence-corrected chi connectivity index (χ2v) is 6.62. The fraction of sp³-hybridized carbons (Fsp3) is 0.176. The quantitative estimate of drug-likeness (QED) is 0.600. The number of thiazole rings is 1. The summed E-state index contributed by atoms with van der Waals surface area (Å²) >= 11 is 0.672. The standard InChI is InChI=1S/C17H13F3N2O3S/c18-17(19,20)16(25,15-22-11-6-2-4-8-13(11)26-15)9-14(24)21-10-5-1-3-7-12(10)23/h1-8,23,25H,9H2,(H,21,24). The summed E-state index contributed by atoms with van der Waals surface area (Å²) in [5, 5.41) is 21.5. The number of benzene rings is 2. The lowest BCUT2D eigenvalue weighted by Gasteiger charge is -2.27. The van der Waals surface area contributed by atoms with E-state index in [1.807, 2.05) is 0 Å². The van der Waals surface area contributed by atoms with Crippen molar-refractivity contribution in [3.05, 3.63) is 53.5 Å². The van der Waals surface area contributed by atoms with E-state index in [2.05, 4.69) is 10.3 Å². The molecule has 0 saturated carbocycles. The number of phenolic OH excluding ortho intramolecular Hbond substituents is 1. The SMILES string of the molecule is O=C(CC(O)(c1nc2ccccc2s1)C(F)(F)F)Nc1ccccc1O. The number of hydrogen-bond donors (Lipinski definition) is 3. The van der Waals surface area contributed by atoms with Gasteiger partial charge in [-0.05, 0) is 24.3 Å². The maximum absolute atomic E-state index is 13.6. The molecule has 0 spiro atoms. The highest BCUT2D eigenvalue weighted by Crippen LogP contribution is 2.44. The molecule has 5 nitrogen and oxygen atoms in total. The molecule has 3 rings (SSSR count). The van der Waals surface area contributed by atoms with Crippen molar-refractivity contribution in [1.29, 1.82) is 0 Å². The number of fused-ring (bicyclic) bond motifs is 1. The molecule has 1 aromatic heterocycles. The van der Waals surface area contributed by atoms with E-state index in [1.165, 1.54) is 30.3 Å². The first-order valence-corrected chi connectivity index (χ1v) is 8.25. The van der Waals surface area contributed by atoms with E-state index in [0.29, 0.717) is 21.6 Å². The average Bonchev–Trinajstić information content (AvgIpc) is 3.00. The molecule has 0 aliphatic carbocycles. The summed E-state index contributed by atoms with van der Waals surface area (Å²) in [6, 6.07) is 12.0. The largest absolute Gasteiger partial charge is 0.506 e. The molecule has 9 heteroatoms. The molecular weight excluding hydrogens is 369 g/mol. The molecule has 1 unspecified atom stereocenters. The number of nitrogens with one attached hydrogen (secondary N) is 1. The predicted molar refractivity (Wildman–Crippen MR) is 90.9 cm³/mol. The first-order valence-electron chi connectivity index (χ1n) is 7.44. The van der Waals surface area contributed by atoms with Crippen molar-refractivity contribution < 1.29 is 28.2 Å². The Bertz CT molecular complexity index is 925. The number of carbonyl (C=O) groups is 1. The van der Waals surface area contributed by atoms with Gasteiger partial charge >= 0.3 is 6.18 Å². The van der Waals surface area contributed by atoms with Crippen LogP contribution in [-0.2, 0) is 10.4 Å². The van der Waals surface area contributed by atoms with Gasteiger partial charge in [0, 0.05) is 0 Å². The van der Waals surface area contributed by atoms with Crippen LogP contribution in [0, 0.1) is 0 Å². The summed E-state index contributed by atoms with van der Waals surface area (Å²) in [5.74, 6) is -1.40. The van der Waals surface area contributed by atoms with Gasteiger partial charge in [-0.2, -0.15) is 13.2 Å². The Hall–Kier alpha value is -2.65. The second kappa shape index (κ2) is 6.58. The number of amides is 1. The minimum absolute atomic E-state index is 0.0497. The van der Waals surface area contributed by atoms with Gasteiger partial charge in [0.2, 0.25) is 11.5 Å². The van der Waals surface area contributed by atoms with Crippen molar-refractivity contribution >= 4 is 33.1 Å². The van der Waals surface area contributed by atoms with E-state index in [4.69, 9.17) is 0 Å². The zero-order valence-electron chi connectivity index (χ0n) is 13.1. The third kappa shape index (κ3) is 3.35. The maximum Gasteiger partial charge on any atom is 0.424 e. The van der Waals surface area contributed by atoms with Crippen molar-refractivity contribution in [2.24, 2.45) is 0 Å². The number of halogens is 3. The molecule has 1 heterocycles. The number of aromatic nitrogens is 1. The van der Waals surface area contributed by atoms with Crippen LogP contribution in [0.15, 0.2) is 48.5 Å². The number of rotatable bonds is 4. The van der Waals surface area contributed by atoms with Crippen molar-refractivity contribution in [2.75, 3.05) is 5.32 Å². The van der Waals surface area contributed by atoms with Crippen molar-refractivity contribution in [1.82, 2.24) is 4.98 Å². The Labute approximate surface area is 149 Å². The molecule has 0 bridgehead atoms. The summed E-state index contributed by atoms with van der Waals surface area (Å²) < 4.78 is 41.2. The molecule has 0 aliphatic rings. The maximum atomic E-state index is 13.6. The lowest BCUT2D eigenvalue weighted by atomic mass is 9.99. The van der Waals surface area contributed by atoms with Crippen molar-refractivity contribution in [3.8, 4) is 5.75 Å². The van der Waals surface area contributed by atoms with Gasteiger partial charge in [-0.3, -0.25) is 4.79 Å². The van der Waals surface area contributed by atoms with Gasteiger partial charge in [0.15, 0.2) is 0 Å². The number of anilines is 1. The number of aromatic hydroxyl groups is 1. The van der Waals surface area contributed by atoms with Crippen molar-refractivity contribution in [2.45, 2.75) is 18.2 Å². The van der Waals surface area contributed by atoms with E-state index in [0.717, 1.165) is 0 Å². The van der Waals surface area contributed by atoms with Crippen LogP contribution in [0.1, 0.15) is 11.4 Å². The van der Waals surface area contributed by atoms with Gasteiger partial charge in [-0.1, -0.05) is 24.3 Å². The second-order valence-electron chi connectivity index (χ2n) is 5.59. The van der Waals surface area contributed by atoms with E-state index in [-0.39, 0.29) is 11.4 Å². The van der Waals surface area contributed by atoms with Gasteiger partial charge in [-0.25, -0.2) is 4.98 Å². The summed E-state index contributed by atoms with van der Waals surface area (Å²) in [4.78, 5) is 16.0. The van der Waals surface area contributed by atoms with E-state index in [1.54, 1.807) is 18.2 Å². The highest BCUT2D eigenvalue weighted by Gasteiger charge is 2.58. The van der Waals surface area contributed by atoms with Crippen LogP contribution in [0.5, 0.6) is 5.75 Å². The Kier molecular flexibility index (Phi) is 4.59. The molecule has 0 radical (unpaired) electrons. The lowest BCUT2D eigenvalue weighted by molar-refractivity contribution is -0.266. The molecule has 0 saturated heterocycles. The number of hydrogen-bond acceptors (Lipinski definition) is 5. The molecule has 26 heavy (non-hydrogen) atoms. The minimum Gasteiger partial charge on any atom is -0.506 e. The lowest BCUT2D eigenvalue weighted by Crippen LogP contribution is -2.45. The monoisotopic (exact) mass is 382 g/mol. The Balaban J connectivity index is 1.93. The molecule has 136 valence electrons. The topological polar surface area (TPSA) is 82.5 Å². The number of phenols is 1.